The molecule has 1 rings (SSSR count). The maximum absolute atomic E-state index is 10.6. The summed E-state index contributed by atoms with van der Waals surface area (Å²) >= 11 is 3.23. The van der Waals surface area contributed by atoms with Gasteiger partial charge in [0, 0.05) is 22.6 Å². The van der Waals surface area contributed by atoms with Crippen molar-refractivity contribution in [2.24, 2.45) is 5.73 Å². The van der Waals surface area contributed by atoms with Crippen molar-refractivity contribution in [2.45, 2.75) is 13.5 Å². The second-order valence-corrected chi connectivity index (χ2v) is 3.55. The second kappa shape index (κ2) is 3.85. The standard InChI is InChI=1S/C8H9BrN2O2/c1-5-2-6(4-10)8(11(12)13)3-7(5)9/h2-3H,4,10H2,1H3. The minimum atomic E-state index is -0.424. The molecule has 0 saturated heterocycles. The van der Waals surface area contributed by atoms with Gasteiger partial charge in [0.2, 0.25) is 0 Å². The number of halogens is 1. The molecule has 0 radical (unpaired) electrons. The number of nitrogens with two attached hydrogens (primary N) is 1. The zero-order chi connectivity index (χ0) is 10.0. The number of nitro groups is 1. The SMILES string of the molecule is Cc1cc(CN)c([N+](=O)[O-])cc1Br. The summed E-state index contributed by atoms with van der Waals surface area (Å²) < 4.78 is 0.733. The van der Waals surface area contributed by atoms with Gasteiger partial charge in [-0.05, 0) is 18.6 Å². The topological polar surface area (TPSA) is 69.2 Å². The fourth-order valence-corrected chi connectivity index (χ4v) is 1.40. The Morgan fingerprint density at radius 2 is 2.23 bits per heavy atom. The monoisotopic (exact) mass is 244 g/mol. The van der Waals surface area contributed by atoms with Crippen LogP contribution in [0.4, 0.5) is 5.69 Å². The Labute approximate surface area is 84.0 Å². The van der Waals surface area contributed by atoms with E-state index < -0.39 is 4.92 Å². The quantitative estimate of drug-likeness (QED) is 0.640. The molecule has 0 unspecified atom stereocenters. The lowest BCUT2D eigenvalue weighted by Gasteiger charge is -2.03. The van der Waals surface area contributed by atoms with Crippen molar-refractivity contribution in [1.29, 1.82) is 0 Å². The van der Waals surface area contributed by atoms with Crippen molar-refractivity contribution < 1.29 is 4.92 Å². The molecule has 0 spiro atoms. The van der Waals surface area contributed by atoms with Crippen molar-refractivity contribution in [1.82, 2.24) is 0 Å². The number of nitro benzene ring substituents is 1. The van der Waals surface area contributed by atoms with E-state index in [9.17, 15) is 10.1 Å². The third kappa shape index (κ3) is 2.05. The van der Waals surface area contributed by atoms with Crippen molar-refractivity contribution in [3.8, 4) is 0 Å². The van der Waals surface area contributed by atoms with Gasteiger partial charge in [-0.25, -0.2) is 0 Å². The Bertz CT molecular complexity index is 352. The highest BCUT2D eigenvalue weighted by molar-refractivity contribution is 9.10. The Morgan fingerprint density at radius 1 is 1.62 bits per heavy atom. The van der Waals surface area contributed by atoms with E-state index in [2.05, 4.69) is 15.9 Å². The van der Waals surface area contributed by atoms with Crippen LogP contribution < -0.4 is 5.73 Å². The highest BCUT2D eigenvalue weighted by atomic mass is 79.9. The lowest BCUT2D eigenvalue weighted by molar-refractivity contribution is -0.385. The van der Waals surface area contributed by atoms with Crippen LogP contribution in [0.1, 0.15) is 11.1 Å². The molecule has 0 amide bonds. The number of benzene rings is 1. The Balaban J connectivity index is 3.33. The van der Waals surface area contributed by atoms with Gasteiger partial charge in [0.25, 0.3) is 5.69 Å². The number of hydrogen-bond acceptors (Lipinski definition) is 3. The minimum absolute atomic E-state index is 0.0694. The van der Waals surface area contributed by atoms with Gasteiger partial charge in [-0.1, -0.05) is 15.9 Å². The average molecular weight is 245 g/mol. The molecule has 4 nitrogen and oxygen atoms in total. The lowest BCUT2D eigenvalue weighted by atomic mass is 10.1. The van der Waals surface area contributed by atoms with E-state index in [0.29, 0.717) is 5.56 Å². The zero-order valence-corrected chi connectivity index (χ0v) is 8.67. The second-order valence-electron chi connectivity index (χ2n) is 2.69. The predicted molar refractivity (Wildman–Crippen MR) is 53.4 cm³/mol. The summed E-state index contributed by atoms with van der Waals surface area (Å²) in [4.78, 5) is 10.1. The van der Waals surface area contributed by atoms with Gasteiger partial charge in [-0.2, -0.15) is 0 Å². The molecule has 0 aromatic heterocycles. The fourth-order valence-electron chi connectivity index (χ4n) is 1.06. The number of aryl methyl sites for hydroxylation is 1. The van der Waals surface area contributed by atoms with Gasteiger partial charge in [-0.3, -0.25) is 10.1 Å². The molecule has 0 saturated carbocycles. The van der Waals surface area contributed by atoms with Crippen molar-refractivity contribution in [2.75, 3.05) is 0 Å². The molecule has 0 bridgehead atoms. The maximum atomic E-state index is 10.6. The molecule has 0 aliphatic rings. The molecular formula is C8H9BrN2O2. The molecule has 1 aromatic rings. The summed E-state index contributed by atoms with van der Waals surface area (Å²) in [5, 5.41) is 10.6. The van der Waals surface area contributed by atoms with E-state index in [1.165, 1.54) is 6.07 Å². The summed E-state index contributed by atoms with van der Waals surface area (Å²) in [5.74, 6) is 0. The predicted octanol–water partition coefficient (Wildman–Crippen LogP) is 2.12. The molecule has 70 valence electrons. The van der Waals surface area contributed by atoms with Crippen LogP contribution >= 0.6 is 15.9 Å². The zero-order valence-electron chi connectivity index (χ0n) is 7.08. The summed E-state index contributed by atoms with van der Waals surface area (Å²) in [6.45, 7) is 2.05. The first-order chi connectivity index (χ1) is 6.06. The first-order valence-electron chi connectivity index (χ1n) is 3.69. The van der Waals surface area contributed by atoms with Gasteiger partial charge >= 0.3 is 0 Å². The number of rotatable bonds is 2. The summed E-state index contributed by atoms with van der Waals surface area (Å²) in [6, 6.07) is 3.21. The Kier molecular flexibility index (Phi) is 3.00. The van der Waals surface area contributed by atoms with Crippen LogP contribution in [0.3, 0.4) is 0 Å². The van der Waals surface area contributed by atoms with E-state index >= 15 is 0 Å². The van der Waals surface area contributed by atoms with Crippen LogP contribution in [-0.2, 0) is 6.54 Å². The van der Waals surface area contributed by atoms with Crippen molar-refractivity contribution in [3.05, 3.63) is 37.8 Å². The Hall–Kier alpha value is -0.940. The van der Waals surface area contributed by atoms with Gasteiger partial charge in [0.15, 0.2) is 0 Å². The number of hydrogen-bond donors (Lipinski definition) is 1. The molecule has 2 N–H and O–H groups in total. The summed E-state index contributed by atoms with van der Waals surface area (Å²) in [5.41, 5.74) is 6.97. The van der Waals surface area contributed by atoms with Gasteiger partial charge < -0.3 is 5.73 Å². The van der Waals surface area contributed by atoms with Crippen LogP contribution in [0.15, 0.2) is 16.6 Å². The van der Waals surface area contributed by atoms with Crippen molar-refractivity contribution in [3.63, 3.8) is 0 Å². The highest BCUT2D eigenvalue weighted by Gasteiger charge is 2.14. The van der Waals surface area contributed by atoms with E-state index in [-0.39, 0.29) is 12.2 Å². The van der Waals surface area contributed by atoms with E-state index in [4.69, 9.17) is 5.73 Å². The smallest absolute Gasteiger partial charge is 0.275 e. The summed E-state index contributed by atoms with van der Waals surface area (Å²) in [6.07, 6.45) is 0. The molecule has 0 heterocycles. The lowest BCUT2D eigenvalue weighted by Crippen LogP contribution is -2.02. The maximum Gasteiger partial charge on any atom is 0.275 e. The molecule has 0 aliphatic heterocycles. The van der Waals surface area contributed by atoms with Gasteiger partial charge in [-0.15, -0.1) is 0 Å². The fraction of sp³-hybridized carbons (Fsp3) is 0.250. The summed E-state index contributed by atoms with van der Waals surface area (Å²) in [7, 11) is 0. The average Bonchev–Trinajstić information content (AvgIpc) is 2.08. The van der Waals surface area contributed by atoms with Crippen molar-refractivity contribution >= 4 is 21.6 Å². The van der Waals surface area contributed by atoms with Crippen LogP contribution in [-0.4, -0.2) is 4.92 Å². The third-order valence-corrected chi connectivity index (χ3v) is 2.63. The molecule has 1 aromatic carbocycles. The highest BCUT2D eigenvalue weighted by Crippen LogP contribution is 2.26. The van der Waals surface area contributed by atoms with E-state index in [1.54, 1.807) is 6.07 Å². The molecule has 0 aliphatic carbocycles. The molecule has 13 heavy (non-hydrogen) atoms. The van der Waals surface area contributed by atoms with E-state index in [0.717, 1.165) is 10.0 Å². The Morgan fingerprint density at radius 3 is 2.69 bits per heavy atom. The molecule has 5 heteroatoms. The van der Waals surface area contributed by atoms with Gasteiger partial charge in [0.1, 0.15) is 0 Å². The first kappa shape index (κ1) is 10.1. The third-order valence-electron chi connectivity index (χ3n) is 1.78. The van der Waals surface area contributed by atoms with E-state index in [1.807, 2.05) is 6.92 Å². The first-order valence-corrected chi connectivity index (χ1v) is 4.49. The largest absolute Gasteiger partial charge is 0.326 e. The van der Waals surface area contributed by atoms with Gasteiger partial charge in [0.05, 0.1) is 4.92 Å². The molecule has 0 fully saturated rings. The minimum Gasteiger partial charge on any atom is -0.326 e. The molecular weight excluding hydrogens is 236 g/mol. The van der Waals surface area contributed by atoms with Crippen LogP contribution in [0.25, 0.3) is 0 Å². The van der Waals surface area contributed by atoms with Crippen LogP contribution in [0.5, 0.6) is 0 Å². The molecule has 0 atom stereocenters. The van der Waals surface area contributed by atoms with Crippen LogP contribution in [0, 0.1) is 17.0 Å². The van der Waals surface area contributed by atoms with Crippen LogP contribution in [0.2, 0.25) is 0 Å². The number of nitrogens with zero attached hydrogens (tertiary/aromatic N) is 1. The normalized spacial score (nSPS) is 10.1.